The number of nitrogens with zero attached hydrogens (tertiary/aromatic N) is 1. The Morgan fingerprint density at radius 2 is 1.77 bits per heavy atom. The van der Waals surface area contributed by atoms with E-state index in [2.05, 4.69) is 5.32 Å². The van der Waals surface area contributed by atoms with Gasteiger partial charge in [0.25, 0.3) is 5.91 Å². The molecule has 7 heteroatoms. The largest absolute Gasteiger partial charge is 0.495 e. The molecule has 0 aliphatic carbocycles. The van der Waals surface area contributed by atoms with Gasteiger partial charge in [-0.3, -0.25) is 9.59 Å². The first-order valence-corrected chi connectivity index (χ1v) is 10.2. The lowest BCUT2D eigenvalue weighted by Gasteiger charge is -2.14. The summed E-state index contributed by atoms with van der Waals surface area (Å²) in [7, 11) is 5.19. The summed E-state index contributed by atoms with van der Waals surface area (Å²) in [5.74, 6) is 1.35. The number of thioether (sulfide) groups is 2. The van der Waals surface area contributed by atoms with Gasteiger partial charge in [0, 0.05) is 26.4 Å². The quantitative estimate of drug-likeness (QED) is 0.368. The van der Waals surface area contributed by atoms with Crippen LogP contribution in [0, 0.1) is 0 Å². The standard InChI is InChI=1S/C19H26N2O3S2/c1-6-25-19(26-7-2)17(15(22)12-13-21(3)4)18(23)20-14-10-8-9-11-16(14)24-5/h8-13H,6-7H2,1-5H3,(H,20,23)/b13-12+. The van der Waals surface area contributed by atoms with E-state index in [9.17, 15) is 9.59 Å². The Balaban J connectivity index is 3.27. The van der Waals surface area contributed by atoms with Crippen molar-refractivity contribution in [2.45, 2.75) is 13.8 Å². The predicted molar refractivity (Wildman–Crippen MR) is 113 cm³/mol. The Morgan fingerprint density at radius 3 is 2.31 bits per heavy atom. The molecule has 0 radical (unpaired) electrons. The molecule has 1 N–H and O–H groups in total. The molecule has 0 bridgehead atoms. The number of ether oxygens (including phenoxy) is 1. The van der Waals surface area contributed by atoms with Crippen molar-refractivity contribution in [2.24, 2.45) is 0 Å². The van der Waals surface area contributed by atoms with Crippen LogP contribution in [0.2, 0.25) is 0 Å². The highest BCUT2D eigenvalue weighted by atomic mass is 32.2. The highest BCUT2D eigenvalue weighted by molar-refractivity contribution is 8.22. The van der Waals surface area contributed by atoms with Crippen LogP contribution in [0.1, 0.15) is 13.8 Å². The van der Waals surface area contributed by atoms with Crippen LogP contribution in [0.15, 0.2) is 46.4 Å². The van der Waals surface area contributed by atoms with Gasteiger partial charge in [0.1, 0.15) is 11.3 Å². The Bertz CT molecular complexity index is 677. The molecule has 0 aliphatic rings. The van der Waals surface area contributed by atoms with Gasteiger partial charge in [0.2, 0.25) is 0 Å². The first-order chi connectivity index (χ1) is 12.4. The summed E-state index contributed by atoms with van der Waals surface area (Å²) in [6.07, 6.45) is 3.06. The minimum Gasteiger partial charge on any atom is -0.495 e. The van der Waals surface area contributed by atoms with Crippen LogP contribution in [0.4, 0.5) is 5.69 Å². The molecule has 1 aromatic carbocycles. The van der Waals surface area contributed by atoms with Gasteiger partial charge in [-0.25, -0.2) is 0 Å². The van der Waals surface area contributed by atoms with Crippen molar-refractivity contribution < 1.29 is 14.3 Å². The van der Waals surface area contributed by atoms with Gasteiger partial charge in [-0.1, -0.05) is 26.0 Å². The summed E-state index contributed by atoms with van der Waals surface area (Å²) in [6.45, 7) is 3.99. The maximum atomic E-state index is 12.9. The van der Waals surface area contributed by atoms with Crippen molar-refractivity contribution >= 4 is 40.9 Å². The molecule has 0 fully saturated rings. The average Bonchev–Trinajstić information content (AvgIpc) is 2.61. The minimum absolute atomic E-state index is 0.160. The zero-order valence-electron chi connectivity index (χ0n) is 15.9. The maximum absolute atomic E-state index is 12.9. The Labute approximate surface area is 164 Å². The Kier molecular flexibility index (Phi) is 9.98. The van der Waals surface area contributed by atoms with E-state index in [1.165, 1.54) is 36.7 Å². The molecule has 0 saturated heterocycles. The number of methoxy groups -OCH3 is 1. The predicted octanol–water partition coefficient (Wildman–Crippen LogP) is 4.00. The molecule has 0 spiro atoms. The van der Waals surface area contributed by atoms with E-state index in [-0.39, 0.29) is 11.4 Å². The lowest BCUT2D eigenvalue weighted by Crippen LogP contribution is -2.21. The first-order valence-electron chi connectivity index (χ1n) is 8.27. The number of carbonyl (C=O) groups excluding carboxylic acids is 2. The van der Waals surface area contributed by atoms with Gasteiger partial charge in [-0.2, -0.15) is 0 Å². The van der Waals surface area contributed by atoms with E-state index < -0.39 is 5.91 Å². The molecule has 0 saturated carbocycles. The fraction of sp³-hybridized carbons (Fsp3) is 0.368. The number of rotatable bonds is 10. The number of hydrogen-bond donors (Lipinski definition) is 1. The zero-order valence-corrected chi connectivity index (χ0v) is 17.5. The third kappa shape index (κ3) is 6.80. The van der Waals surface area contributed by atoms with Crippen LogP contribution in [0.5, 0.6) is 5.75 Å². The molecule has 142 valence electrons. The van der Waals surface area contributed by atoms with Gasteiger partial charge < -0.3 is 15.0 Å². The highest BCUT2D eigenvalue weighted by Gasteiger charge is 2.23. The number of allylic oxidation sites excluding steroid dienone is 1. The molecule has 0 unspecified atom stereocenters. The molecule has 0 atom stereocenters. The second-order valence-electron chi connectivity index (χ2n) is 5.33. The summed E-state index contributed by atoms with van der Waals surface area (Å²) in [5.41, 5.74) is 0.692. The molecule has 5 nitrogen and oxygen atoms in total. The summed E-state index contributed by atoms with van der Waals surface area (Å²) in [5, 5.41) is 2.81. The van der Waals surface area contributed by atoms with Gasteiger partial charge in [-0.05, 0) is 23.6 Å². The number of benzene rings is 1. The summed E-state index contributed by atoms with van der Waals surface area (Å²) in [4.78, 5) is 27.4. The van der Waals surface area contributed by atoms with Crippen LogP contribution in [0.25, 0.3) is 0 Å². The van der Waals surface area contributed by atoms with E-state index in [0.29, 0.717) is 11.4 Å². The Hall–Kier alpha value is -1.86. The van der Waals surface area contributed by atoms with Crippen molar-refractivity contribution in [1.29, 1.82) is 0 Å². The number of amides is 1. The third-order valence-corrected chi connectivity index (χ3v) is 5.32. The van der Waals surface area contributed by atoms with E-state index >= 15 is 0 Å². The molecule has 1 aromatic rings. The normalized spacial score (nSPS) is 10.5. The Morgan fingerprint density at radius 1 is 1.15 bits per heavy atom. The molecule has 26 heavy (non-hydrogen) atoms. The SMILES string of the molecule is CCSC(SCC)=C(C(=O)/C=C/N(C)C)C(=O)Nc1ccccc1OC. The van der Waals surface area contributed by atoms with Crippen molar-refractivity contribution in [3.05, 3.63) is 46.4 Å². The van der Waals surface area contributed by atoms with Crippen LogP contribution >= 0.6 is 23.5 Å². The fourth-order valence-electron chi connectivity index (χ4n) is 1.99. The lowest BCUT2D eigenvalue weighted by atomic mass is 10.1. The summed E-state index contributed by atoms with van der Waals surface area (Å²) >= 11 is 3.01. The van der Waals surface area contributed by atoms with Crippen LogP contribution in [0.3, 0.4) is 0 Å². The third-order valence-electron chi connectivity index (χ3n) is 3.11. The number of para-hydroxylation sites is 2. The van der Waals surface area contributed by atoms with Crippen LogP contribution < -0.4 is 10.1 Å². The number of nitrogens with one attached hydrogen (secondary N) is 1. The minimum atomic E-state index is -0.431. The molecular formula is C19H26N2O3S2. The lowest BCUT2D eigenvalue weighted by molar-refractivity contribution is -0.117. The number of anilines is 1. The first kappa shape index (κ1) is 22.2. The molecule has 1 amide bonds. The van der Waals surface area contributed by atoms with Crippen molar-refractivity contribution in [3.63, 3.8) is 0 Å². The van der Waals surface area contributed by atoms with Gasteiger partial charge in [0.15, 0.2) is 5.78 Å². The van der Waals surface area contributed by atoms with E-state index in [1.807, 2.05) is 34.0 Å². The monoisotopic (exact) mass is 394 g/mol. The van der Waals surface area contributed by atoms with Gasteiger partial charge in [0.05, 0.1) is 17.0 Å². The summed E-state index contributed by atoms with van der Waals surface area (Å²) in [6, 6.07) is 7.13. The average molecular weight is 395 g/mol. The smallest absolute Gasteiger partial charge is 0.261 e. The van der Waals surface area contributed by atoms with E-state index in [4.69, 9.17) is 4.74 Å². The van der Waals surface area contributed by atoms with Crippen molar-refractivity contribution in [3.8, 4) is 5.75 Å². The molecule has 0 heterocycles. The molecular weight excluding hydrogens is 368 g/mol. The summed E-state index contributed by atoms with van der Waals surface area (Å²) < 4.78 is 6.01. The fourth-order valence-corrected chi connectivity index (χ4v) is 4.23. The second-order valence-corrected chi connectivity index (χ2v) is 8.13. The van der Waals surface area contributed by atoms with Crippen LogP contribution in [-0.4, -0.2) is 49.3 Å². The van der Waals surface area contributed by atoms with Gasteiger partial charge >= 0.3 is 0 Å². The van der Waals surface area contributed by atoms with E-state index in [0.717, 1.165) is 15.7 Å². The number of hydrogen-bond acceptors (Lipinski definition) is 6. The zero-order chi connectivity index (χ0) is 19.5. The van der Waals surface area contributed by atoms with Crippen molar-refractivity contribution in [2.75, 3.05) is 38.0 Å². The maximum Gasteiger partial charge on any atom is 0.261 e. The second kappa shape index (κ2) is 11.7. The molecule has 0 aromatic heterocycles. The van der Waals surface area contributed by atoms with E-state index in [1.54, 1.807) is 29.3 Å². The molecule has 1 rings (SSSR count). The van der Waals surface area contributed by atoms with Crippen molar-refractivity contribution in [1.82, 2.24) is 4.90 Å². The van der Waals surface area contributed by atoms with Gasteiger partial charge in [-0.15, -0.1) is 23.5 Å². The topological polar surface area (TPSA) is 58.6 Å². The highest BCUT2D eigenvalue weighted by Crippen LogP contribution is 2.33. The van der Waals surface area contributed by atoms with Crippen LogP contribution in [-0.2, 0) is 9.59 Å². The number of ketones is 1. The molecule has 0 aliphatic heterocycles. The number of carbonyl (C=O) groups is 2.